The number of halogens is 1. The summed E-state index contributed by atoms with van der Waals surface area (Å²) in [6.45, 7) is 7.17. The minimum atomic E-state index is 0.469. The van der Waals surface area contributed by atoms with Gasteiger partial charge in [-0.3, -0.25) is 0 Å². The minimum Gasteiger partial charge on any atom is -0.355 e. The Morgan fingerprint density at radius 2 is 2.11 bits per heavy atom. The first-order valence-corrected chi connectivity index (χ1v) is 7.09. The van der Waals surface area contributed by atoms with Crippen molar-refractivity contribution >= 4 is 17.4 Å². The van der Waals surface area contributed by atoms with Crippen LogP contribution in [0.1, 0.15) is 32.3 Å². The zero-order valence-electron chi connectivity index (χ0n) is 11.2. The van der Waals surface area contributed by atoms with Gasteiger partial charge in [-0.15, -0.1) is 0 Å². The van der Waals surface area contributed by atoms with Crippen molar-refractivity contribution in [3.8, 4) is 0 Å². The molecular formula is C14H22ClN3. The van der Waals surface area contributed by atoms with E-state index >= 15 is 0 Å². The molecule has 0 atom stereocenters. The molecule has 1 aromatic heterocycles. The van der Waals surface area contributed by atoms with Gasteiger partial charge in [-0.2, -0.15) is 0 Å². The highest BCUT2D eigenvalue weighted by molar-refractivity contribution is 6.33. The molecule has 100 valence electrons. The maximum absolute atomic E-state index is 6.36. The van der Waals surface area contributed by atoms with Crippen LogP contribution in [0.2, 0.25) is 5.02 Å². The highest BCUT2D eigenvalue weighted by Crippen LogP contribution is 2.31. The van der Waals surface area contributed by atoms with Gasteiger partial charge in [-0.1, -0.05) is 25.4 Å². The SMILES string of the molecule is CC(C)C1CCN(c2nccc(CN)c2Cl)CC1. The summed E-state index contributed by atoms with van der Waals surface area (Å²) in [7, 11) is 0. The normalized spacial score (nSPS) is 17.5. The van der Waals surface area contributed by atoms with E-state index in [0.717, 1.165) is 41.3 Å². The maximum atomic E-state index is 6.36. The van der Waals surface area contributed by atoms with E-state index in [-0.39, 0.29) is 0 Å². The molecule has 2 heterocycles. The molecule has 0 unspecified atom stereocenters. The van der Waals surface area contributed by atoms with Crippen molar-refractivity contribution < 1.29 is 0 Å². The van der Waals surface area contributed by atoms with Crippen LogP contribution in [0.25, 0.3) is 0 Å². The van der Waals surface area contributed by atoms with Crippen molar-refractivity contribution in [3.05, 3.63) is 22.8 Å². The van der Waals surface area contributed by atoms with Gasteiger partial charge in [0.05, 0.1) is 5.02 Å². The second kappa shape index (κ2) is 5.89. The smallest absolute Gasteiger partial charge is 0.147 e. The summed E-state index contributed by atoms with van der Waals surface area (Å²) >= 11 is 6.36. The summed E-state index contributed by atoms with van der Waals surface area (Å²) in [4.78, 5) is 6.71. The molecule has 0 saturated carbocycles. The Morgan fingerprint density at radius 3 is 2.67 bits per heavy atom. The molecule has 1 aromatic rings. The zero-order chi connectivity index (χ0) is 13.1. The first kappa shape index (κ1) is 13.6. The molecule has 0 radical (unpaired) electrons. The van der Waals surface area contributed by atoms with Gasteiger partial charge in [0.2, 0.25) is 0 Å². The van der Waals surface area contributed by atoms with E-state index in [1.54, 1.807) is 6.20 Å². The van der Waals surface area contributed by atoms with Crippen LogP contribution >= 0.6 is 11.6 Å². The second-order valence-electron chi connectivity index (χ2n) is 5.38. The summed E-state index contributed by atoms with van der Waals surface area (Å²) in [5.41, 5.74) is 6.66. The van der Waals surface area contributed by atoms with Gasteiger partial charge in [-0.25, -0.2) is 4.98 Å². The van der Waals surface area contributed by atoms with Crippen LogP contribution in [0, 0.1) is 11.8 Å². The lowest BCUT2D eigenvalue weighted by atomic mass is 9.87. The second-order valence-corrected chi connectivity index (χ2v) is 5.76. The minimum absolute atomic E-state index is 0.469. The van der Waals surface area contributed by atoms with E-state index in [9.17, 15) is 0 Å². The molecule has 0 bridgehead atoms. The lowest BCUT2D eigenvalue weighted by molar-refractivity contribution is 0.310. The van der Waals surface area contributed by atoms with Crippen molar-refractivity contribution in [1.29, 1.82) is 0 Å². The molecule has 0 aromatic carbocycles. The average Bonchev–Trinajstić information content (AvgIpc) is 2.39. The number of anilines is 1. The fraction of sp³-hybridized carbons (Fsp3) is 0.643. The van der Waals surface area contributed by atoms with E-state index in [4.69, 9.17) is 17.3 Å². The number of aromatic nitrogens is 1. The van der Waals surface area contributed by atoms with Crippen molar-refractivity contribution in [2.24, 2.45) is 17.6 Å². The van der Waals surface area contributed by atoms with Gasteiger partial charge in [0.25, 0.3) is 0 Å². The number of rotatable bonds is 3. The standard InChI is InChI=1S/C14H22ClN3/c1-10(2)11-4-7-18(8-5-11)14-13(15)12(9-16)3-6-17-14/h3,6,10-11H,4-5,7-9,16H2,1-2H3. The van der Waals surface area contributed by atoms with Crippen LogP contribution in [0.4, 0.5) is 5.82 Å². The number of pyridine rings is 1. The average molecular weight is 268 g/mol. The van der Waals surface area contributed by atoms with Gasteiger partial charge >= 0.3 is 0 Å². The molecule has 0 spiro atoms. The van der Waals surface area contributed by atoms with Gasteiger partial charge in [-0.05, 0) is 36.3 Å². The third-order valence-corrected chi connectivity index (χ3v) is 4.36. The quantitative estimate of drug-likeness (QED) is 0.915. The Kier molecular flexibility index (Phi) is 4.46. The number of hydrogen-bond donors (Lipinski definition) is 1. The molecule has 4 heteroatoms. The summed E-state index contributed by atoms with van der Waals surface area (Å²) < 4.78 is 0. The molecule has 18 heavy (non-hydrogen) atoms. The van der Waals surface area contributed by atoms with Gasteiger partial charge < -0.3 is 10.6 Å². The van der Waals surface area contributed by atoms with Crippen molar-refractivity contribution in [2.45, 2.75) is 33.2 Å². The van der Waals surface area contributed by atoms with Crippen molar-refractivity contribution in [3.63, 3.8) is 0 Å². The Bertz CT molecular complexity index is 398. The molecule has 0 aliphatic carbocycles. The zero-order valence-corrected chi connectivity index (χ0v) is 12.0. The van der Waals surface area contributed by atoms with E-state index in [1.807, 2.05) is 6.07 Å². The van der Waals surface area contributed by atoms with Crippen LogP contribution in [0.15, 0.2) is 12.3 Å². The van der Waals surface area contributed by atoms with E-state index in [1.165, 1.54) is 12.8 Å². The van der Waals surface area contributed by atoms with Gasteiger partial charge in [0.15, 0.2) is 0 Å². The van der Waals surface area contributed by atoms with Crippen LogP contribution in [0.5, 0.6) is 0 Å². The van der Waals surface area contributed by atoms with Crippen molar-refractivity contribution in [1.82, 2.24) is 4.98 Å². The summed E-state index contributed by atoms with van der Waals surface area (Å²) in [5, 5.41) is 0.725. The topological polar surface area (TPSA) is 42.2 Å². The lowest BCUT2D eigenvalue weighted by Crippen LogP contribution is -2.36. The Labute approximate surface area is 114 Å². The number of nitrogens with two attached hydrogens (primary N) is 1. The van der Waals surface area contributed by atoms with E-state index in [0.29, 0.717) is 6.54 Å². The Balaban J connectivity index is 2.10. The highest BCUT2D eigenvalue weighted by atomic mass is 35.5. The number of hydrogen-bond acceptors (Lipinski definition) is 3. The fourth-order valence-electron chi connectivity index (χ4n) is 2.63. The summed E-state index contributed by atoms with van der Waals surface area (Å²) in [6.07, 6.45) is 4.25. The summed E-state index contributed by atoms with van der Waals surface area (Å²) in [6, 6.07) is 1.90. The molecule has 1 aliphatic rings. The monoisotopic (exact) mass is 267 g/mol. The number of nitrogens with zero attached hydrogens (tertiary/aromatic N) is 2. The maximum Gasteiger partial charge on any atom is 0.147 e. The molecule has 1 saturated heterocycles. The Hall–Kier alpha value is -0.800. The largest absolute Gasteiger partial charge is 0.355 e. The van der Waals surface area contributed by atoms with Crippen molar-refractivity contribution in [2.75, 3.05) is 18.0 Å². The third-order valence-electron chi connectivity index (χ3n) is 3.95. The van der Waals surface area contributed by atoms with Gasteiger partial charge in [0, 0.05) is 25.8 Å². The molecule has 3 nitrogen and oxygen atoms in total. The molecular weight excluding hydrogens is 246 g/mol. The third kappa shape index (κ3) is 2.78. The highest BCUT2D eigenvalue weighted by Gasteiger charge is 2.23. The predicted octanol–water partition coefficient (Wildman–Crippen LogP) is 3.07. The van der Waals surface area contributed by atoms with Crippen LogP contribution in [-0.4, -0.2) is 18.1 Å². The first-order valence-electron chi connectivity index (χ1n) is 6.72. The first-order chi connectivity index (χ1) is 8.63. The van der Waals surface area contributed by atoms with Gasteiger partial charge in [0.1, 0.15) is 5.82 Å². The fourth-order valence-corrected chi connectivity index (χ4v) is 2.94. The Morgan fingerprint density at radius 1 is 1.44 bits per heavy atom. The molecule has 2 N–H and O–H groups in total. The molecule has 0 amide bonds. The molecule has 1 aliphatic heterocycles. The number of piperidine rings is 1. The predicted molar refractivity (Wildman–Crippen MR) is 76.9 cm³/mol. The van der Waals surface area contributed by atoms with Crippen LogP contribution in [0.3, 0.4) is 0 Å². The molecule has 2 rings (SSSR count). The van der Waals surface area contributed by atoms with Crippen LogP contribution < -0.4 is 10.6 Å². The van der Waals surface area contributed by atoms with Crippen LogP contribution in [-0.2, 0) is 6.54 Å². The summed E-state index contributed by atoms with van der Waals surface area (Å²) in [5.74, 6) is 2.51. The lowest BCUT2D eigenvalue weighted by Gasteiger charge is -2.35. The van der Waals surface area contributed by atoms with E-state index in [2.05, 4.69) is 23.7 Å². The molecule has 1 fully saturated rings. The van der Waals surface area contributed by atoms with E-state index < -0.39 is 0 Å².